The Bertz CT molecular complexity index is 583. The molecule has 1 atom stereocenters. The van der Waals surface area contributed by atoms with Crippen LogP contribution in [0.25, 0.3) is 0 Å². The van der Waals surface area contributed by atoms with Crippen molar-refractivity contribution >= 4 is 11.6 Å². The first-order valence-corrected chi connectivity index (χ1v) is 7.16. The van der Waals surface area contributed by atoms with Gasteiger partial charge in [0, 0.05) is 5.02 Å². The molecule has 0 fully saturated rings. The maximum atomic E-state index is 13.8. The average molecular weight is 292 g/mol. The average Bonchev–Trinajstić information content (AvgIpc) is 2.41. The van der Waals surface area contributed by atoms with Crippen molar-refractivity contribution in [1.29, 1.82) is 0 Å². The standard InChI is InChI=1S/C17H19ClFN/c1-12-3-2-4-13(7-12)8-14(11-20)9-15-5-6-16(18)10-17(15)19/h2-7,10,14H,8-9,11,20H2,1H3. The largest absolute Gasteiger partial charge is 0.330 e. The Labute approximate surface area is 124 Å². The van der Waals surface area contributed by atoms with E-state index < -0.39 is 0 Å². The lowest BCUT2D eigenvalue weighted by Crippen LogP contribution is -2.20. The molecule has 2 aromatic rings. The van der Waals surface area contributed by atoms with Crippen LogP contribution >= 0.6 is 11.6 Å². The summed E-state index contributed by atoms with van der Waals surface area (Å²) in [5.41, 5.74) is 8.99. The van der Waals surface area contributed by atoms with Crippen molar-refractivity contribution in [2.24, 2.45) is 11.7 Å². The first-order chi connectivity index (χ1) is 9.58. The highest BCUT2D eigenvalue weighted by Gasteiger charge is 2.12. The van der Waals surface area contributed by atoms with Gasteiger partial charge in [0.25, 0.3) is 0 Å². The zero-order valence-corrected chi connectivity index (χ0v) is 12.3. The Morgan fingerprint density at radius 3 is 2.60 bits per heavy atom. The van der Waals surface area contributed by atoms with Crippen LogP contribution < -0.4 is 5.73 Å². The van der Waals surface area contributed by atoms with Crippen LogP contribution in [-0.2, 0) is 12.8 Å². The Morgan fingerprint density at radius 2 is 1.95 bits per heavy atom. The molecule has 0 radical (unpaired) electrons. The summed E-state index contributed by atoms with van der Waals surface area (Å²) in [5, 5.41) is 0.425. The molecule has 3 heteroatoms. The first-order valence-electron chi connectivity index (χ1n) is 6.78. The van der Waals surface area contributed by atoms with Crippen LogP contribution in [0.15, 0.2) is 42.5 Å². The van der Waals surface area contributed by atoms with Crippen LogP contribution in [0.5, 0.6) is 0 Å². The minimum absolute atomic E-state index is 0.229. The molecule has 106 valence electrons. The summed E-state index contributed by atoms with van der Waals surface area (Å²) in [4.78, 5) is 0. The highest BCUT2D eigenvalue weighted by Crippen LogP contribution is 2.20. The molecule has 0 spiro atoms. The van der Waals surface area contributed by atoms with Crippen molar-refractivity contribution in [2.45, 2.75) is 19.8 Å². The fourth-order valence-electron chi connectivity index (χ4n) is 2.41. The summed E-state index contributed by atoms with van der Waals surface area (Å²) in [6.07, 6.45) is 1.49. The molecule has 0 aliphatic rings. The molecule has 0 aliphatic heterocycles. The van der Waals surface area contributed by atoms with Gasteiger partial charge in [0.1, 0.15) is 5.82 Å². The number of rotatable bonds is 5. The fraction of sp³-hybridized carbons (Fsp3) is 0.294. The third-order valence-electron chi connectivity index (χ3n) is 3.46. The van der Waals surface area contributed by atoms with Gasteiger partial charge in [0.05, 0.1) is 0 Å². The second-order valence-corrected chi connectivity index (χ2v) is 5.67. The number of benzene rings is 2. The molecule has 2 N–H and O–H groups in total. The molecular weight excluding hydrogens is 273 g/mol. The van der Waals surface area contributed by atoms with Crippen LogP contribution in [0.3, 0.4) is 0 Å². The molecule has 0 aromatic heterocycles. The van der Waals surface area contributed by atoms with E-state index in [-0.39, 0.29) is 11.7 Å². The molecular formula is C17H19ClFN. The summed E-state index contributed by atoms with van der Waals surface area (Å²) in [6.45, 7) is 2.61. The zero-order chi connectivity index (χ0) is 14.5. The van der Waals surface area contributed by atoms with Gasteiger partial charge in [-0.15, -0.1) is 0 Å². The van der Waals surface area contributed by atoms with E-state index in [4.69, 9.17) is 17.3 Å². The third-order valence-corrected chi connectivity index (χ3v) is 3.70. The molecule has 2 rings (SSSR count). The molecule has 1 nitrogen and oxygen atoms in total. The SMILES string of the molecule is Cc1cccc(CC(CN)Cc2ccc(Cl)cc2F)c1. The van der Waals surface area contributed by atoms with Gasteiger partial charge >= 0.3 is 0 Å². The van der Waals surface area contributed by atoms with Gasteiger partial charge in [0.2, 0.25) is 0 Å². The number of halogens is 2. The van der Waals surface area contributed by atoms with Crippen molar-refractivity contribution < 1.29 is 4.39 Å². The predicted molar refractivity (Wildman–Crippen MR) is 82.5 cm³/mol. The van der Waals surface area contributed by atoms with Crippen LogP contribution in [0.1, 0.15) is 16.7 Å². The highest BCUT2D eigenvalue weighted by molar-refractivity contribution is 6.30. The molecule has 20 heavy (non-hydrogen) atoms. The summed E-state index contributed by atoms with van der Waals surface area (Å²) >= 11 is 5.77. The van der Waals surface area contributed by atoms with Gasteiger partial charge < -0.3 is 5.73 Å². The fourth-order valence-corrected chi connectivity index (χ4v) is 2.57. The van der Waals surface area contributed by atoms with Crippen molar-refractivity contribution in [3.63, 3.8) is 0 Å². The molecule has 0 saturated heterocycles. The van der Waals surface area contributed by atoms with Gasteiger partial charge in [-0.2, -0.15) is 0 Å². The minimum Gasteiger partial charge on any atom is -0.330 e. The topological polar surface area (TPSA) is 26.0 Å². The van der Waals surface area contributed by atoms with Crippen LogP contribution in [0, 0.1) is 18.7 Å². The molecule has 0 aliphatic carbocycles. The Hall–Kier alpha value is -1.38. The molecule has 0 heterocycles. The summed E-state index contributed by atoms with van der Waals surface area (Å²) in [7, 11) is 0. The van der Waals surface area contributed by atoms with Crippen molar-refractivity contribution in [3.05, 3.63) is 70.0 Å². The van der Waals surface area contributed by atoms with E-state index in [1.165, 1.54) is 17.2 Å². The number of hydrogen-bond donors (Lipinski definition) is 1. The summed E-state index contributed by atoms with van der Waals surface area (Å²) < 4.78 is 13.8. The van der Waals surface area contributed by atoms with E-state index in [0.717, 1.165) is 6.42 Å². The first kappa shape index (κ1) is 15.0. The van der Waals surface area contributed by atoms with Gasteiger partial charge in [0.15, 0.2) is 0 Å². The van der Waals surface area contributed by atoms with E-state index in [1.54, 1.807) is 12.1 Å². The van der Waals surface area contributed by atoms with Crippen molar-refractivity contribution in [3.8, 4) is 0 Å². The molecule has 2 aromatic carbocycles. The zero-order valence-electron chi connectivity index (χ0n) is 11.6. The van der Waals surface area contributed by atoms with E-state index in [2.05, 4.69) is 25.1 Å². The van der Waals surface area contributed by atoms with Crippen molar-refractivity contribution in [2.75, 3.05) is 6.54 Å². The lowest BCUT2D eigenvalue weighted by Gasteiger charge is -2.16. The lowest BCUT2D eigenvalue weighted by atomic mass is 9.92. The maximum absolute atomic E-state index is 13.8. The highest BCUT2D eigenvalue weighted by atomic mass is 35.5. The molecule has 1 unspecified atom stereocenters. The monoisotopic (exact) mass is 291 g/mol. The second kappa shape index (κ2) is 6.87. The smallest absolute Gasteiger partial charge is 0.127 e. The summed E-state index contributed by atoms with van der Waals surface area (Å²) in [5.74, 6) is -0.0207. The van der Waals surface area contributed by atoms with Gasteiger partial charge in [-0.3, -0.25) is 0 Å². The number of hydrogen-bond acceptors (Lipinski definition) is 1. The number of nitrogens with two attached hydrogens (primary N) is 1. The lowest BCUT2D eigenvalue weighted by molar-refractivity contribution is 0.512. The normalized spacial score (nSPS) is 12.4. The van der Waals surface area contributed by atoms with E-state index >= 15 is 0 Å². The van der Waals surface area contributed by atoms with Gasteiger partial charge in [-0.25, -0.2) is 4.39 Å². The van der Waals surface area contributed by atoms with Crippen LogP contribution in [-0.4, -0.2) is 6.54 Å². The van der Waals surface area contributed by atoms with Gasteiger partial charge in [-0.1, -0.05) is 47.5 Å². The Kier molecular flexibility index (Phi) is 5.16. The maximum Gasteiger partial charge on any atom is 0.127 e. The summed E-state index contributed by atoms with van der Waals surface area (Å²) in [6, 6.07) is 13.2. The second-order valence-electron chi connectivity index (χ2n) is 5.23. The quantitative estimate of drug-likeness (QED) is 0.880. The van der Waals surface area contributed by atoms with E-state index in [0.29, 0.717) is 23.6 Å². The van der Waals surface area contributed by atoms with Crippen LogP contribution in [0.4, 0.5) is 4.39 Å². The third kappa shape index (κ3) is 4.06. The van der Waals surface area contributed by atoms with Crippen molar-refractivity contribution in [1.82, 2.24) is 0 Å². The Balaban J connectivity index is 2.09. The molecule has 0 amide bonds. The van der Waals surface area contributed by atoms with E-state index in [9.17, 15) is 4.39 Å². The molecule has 0 bridgehead atoms. The Morgan fingerprint density at radius 1 is 1.15 bits per heavy atom. The number of aryl methyl sites for hydroxylation is 1. The van der Waals surface area contributed by atoms with Gasteiger partial charge in [-0.05, 0) is 55.5 Å². The predicted octanol–water partition coefficient (Wildman–Crippen LogP) is 4.15. The minimum atomic E-state index is -0.250. The molecule has 0 saturated carbocycles. The van der Waals surface area contributed by atoms with E-state index in [1.807, 2.05) is 6.07 Å². The van der Waals surface area contributed by atoms with Crippen LogP contribution in [0.2, 0.25) is 5.02 Å².